The van der Waals surface area contributed by atoms with E-state index in [4.69, 9.17) is 16.6 Å². The summed E-state index contributed by atoms with van der Waals surface area (Å²) in [6.45, 7) is 1.21. The molecule has 7 amide bonds. The van der Waals surface area contributed by atoms with E-state index in [0.717, 1.165) is 17.0 Å². The van der Waals surface area contributed by atoms with Gasteiger partial charge in [0.25, 0.3) is 5.91 Å². The second-order valence-corrected chi connectivity index (χ2v) is 15.3. The van der Waals surface area contributed by atoms with Gasteiger partial charge in [-0.15, -0.1) is 0 Å². The van der Waals surface area contributed by atoms with Crippen molar-refractivity contribution in [1.29, 1.82) is 0 Å². The first-order valence-electron chi connectivity index (χ1n) is 17.8. The molecule has 1 aliphatic heterocycles. The molecule has 1 aliphatic rings. The predicted octanol–water partition coefficient (Wildman–Crippen LogP) is -3.94. The quantitative estimate of drug-likeness (QED) is 0.0468. The molecular weight excluding hydrogens is 801 g/mol. The van der Waals surface area contributed by atoms with E-state index in [0.29, 0.717) is 18.6 Å². The lowest BCUT2D eigenvalue weighted by Crippen LogP contribution is -2.69. The van der Waals surface area contributed by atoms with Gasteiger partial charge in [0, 0.05) is 32.2 Å². The maximum atomic E-state index is 14.4. The standard InChI is InChI=1S/C33H47F2N8O14P/c1-16(39-28(49)19(36)8-13-26(46)47)27(48)40-20(9-11-24(37)44)29(50)42-22(15-17-4-6-18(7-5-17)33(34,35)58(55,56)57)30(51)41-21(10-12-25(38)45)31(52)43-14-2-3-23(43)32(53)54/h4-7,16,19-23,55-57H,2-3,8-15,36H2,1H3,(H9-,37,38,39,40,41,42,44,45,46,47,48,49,50,51,53,54)/p+2/t16-,19-,20-,21-,22-,23-/m0/s1. The maximum absolute atomic E-state index is 14.4. The summed E-state index contributed by atoms with van der Waals surface area (Å²) in [7, 11) is -5.72. The monoisotopic (exact) mass is 850 g/mol. The third kappa shape index (κ3) is 14.5. The van der Waals surface area contributed by atoms with Crippen LogP contribution in [0.15, 0.2) is 24.3 Å². The van der Waals surface area contributed by atoms with Gasteiger partial charge in [0.1, 0.15) is 30.2 Å². The van der Waals surface area contributed by atoms with Crippen molar-refractivity contribution >= 4 is 61.2 Å². The first kappa shape index (κ1) is 48.7. The molecule has 0 saturated carbocycles. The molecule has 2 rings (SSSR count). The van der Waals surface area contributed by atoms with Crippen LogP contribution in [0.3, 0.4) is 0 Å². The molecule has 6 atom stereocenters. The minimum atomic E-state index is -5.72. The maximum Gasteiger partial charge on any atom is 0.484 e. The van der Waals surface area contributed by atoms with Crippen molar-refractivity contribution in [3.8, 4) is 0 Å². The summed E-state index contributed by atoms with van der Waals surface area (Å²) in [4.78, 5) is 142. The molecule has 22 nitrogen and oxygen atoms in total. The zero-order valence-electron chi connectivity index (χ0n) is 31.3. The normalized spacial score (nSPS) is 16.8. The molecule has 0 spiro atoms. The average Bonchev–Trinajstić information content (AvgIpc) is 3.63. The number of nitrogens with two attached hydrogens (primary N) is 2. The number of likely N-dealkylation sites (tertiary alicyclic amines) is 1. The van der Waals surface area contributed by atoms with E-state index in [1.54, 1.807) is 0 Å². The fraction of sp³-hybridized carbons (Fsp3) is 0.545. The van der Waals surface area contributed by atoms with E-state index in [2.05, 4.69) is 27.0 Å². The van der Waals surface area contributed by atoms with Crippen LogP contribution >= 0.6 is 7.94 Å². The molecule has 322 valence electrons. The number of rotatable bonds is 23. The molecule has 16 N–H and O–H groups in total. The van der Waals surface area contributed by atoms with Crippen molar-refractivity contribution in [1.82, 2.24) is 26.2 Å². The SMILES string of the molecule is C[C@H](NC(=O)[C@@H]([NH3+])CCC(=O)O)C(=O)N[C@@H](CCC(N)=O)C(=O)N[C@@H](Cc1ccc(C(F)(F)[P+](O)(O)O)cc1)C(=O)N[C@@H](CCC(N)=O)C(=O)N1CCC[C@H]1C(=O)O. The third-order valence-electron chi connectivity index (χ3n) is 9.01. The van der Waals surface area contributed by atoms with Crippen molar-refractivity contribution in [3.05, 3.63) is 35.4 Å². The molecule has 1 heterocycles. The molecule has 1 aromatic carbocycles. The Bertz CT molecular complexity index is 1710. The zero-order valence-corrected chi connectivity index (χ0v) is 32.2. The highest BCUT2D eigenvalue weighted by atomic mass is 31.2. The minimum absolute atomic E-state index is 0.00709. The van der Waals surface area contributed by atoms with E-state index < -0.39 is 141 Å². The van der Waals surface area contributed by atoms with E-state index in [9.17, 15) is 71.7 Å². The van der Waals surface area contributed by atoms with Gasteiger partial charge in [-0.2, -0.15) is 23.5 Å². The number of benzene rings is 1. The largest absolute Gasteiger partial charge is 0.484 e. The highest BCUT2D eigenvalue weighted by Crippen LogP contribution is 2.65. The number of nitrogens with one attached hydrogen (secondary N) is 4. The molecule has 58 heavy (non-hydrogen) atoms. The van der Waals surface area contributed by atoms with E-state index in [1.807, 2.05) is 0 Å². The van der Waals surface area contributed by atoms with Gasteiger partial charge in [0.2, 0.25) is 35.4 Å². The highest BCUT2D eigenvalue weighted by Gasteiger charge is 2.63. The predicted molar refractivity (Wildman–Crippen MR) is 194 cm³/mol. The molecule has 0 aromatic heterocycles. The molecule has 1 aromatic rings. The summed E-state index contributed by atoms with van der Waals surface area (Å²) >= 11 is 0. The topological polar surface area (TPSA) is 386 Å². The molecular formula is C33H49F2N8O14P+2. The van der Waals surface area contributed by atoms with Crippen LogP contribution < -0.4 is 38.5 Å². The lowest BCUT2D eigenvalue weighted by Gasteiger charge is -2.29. The van der Waals surface area contributed by atoms with Gasteiger partial charge in [-0.1, -0.05) is 12.1 Å². The summed E-state index contributed by atoms with van der Waals surface area (Å²) in [5, 5.41) is 27.8. The fourth-order valence-electron chi connectivity index (χ4n) is 5.71. The first-order valence-corrected chi connectivity index (χ1v) is 19.4. The van der Waals surface area contributed by atoms with Crippen molar-refractivity contribution in [3.63, 3.8) is 0 Å². The van der Waals surface area contributed by atoms with Gasteiger partial charge in [-0.05, 0) is 50.3 Å². The number of aliphatic carboxylic acids is 2. The Morgan fingerprint density at radius 1 is 0.793 bits per heavy atom. The number of alkyl halides is 2. The Balaban J connectivity index is 2.47. The number of carbonyl (C=O) groups is 9. The van der Waals surface area contributed by atoms with Crippen LogP contribution in [-0.2, 0) is 55.2 Å². The van der Waals surface area contributed by atoms with Crippen LogP contribution in [0.2, 0.25) is 0 Å². The highest BCUT2D eigenvalue weighted by molar-refractivity contribution is 7.59. The summed E-state index contributed by atoms with van der Waals surface area (Å²) in [5.41, 5.74) is 8.60. The molecule has 0 unspecified atom stereocenters. The Hall–Kier alpha value is -5.42. The Labute approximate surface area is 329 Å². The van der Waals surface area contributed by atoms with Gasteiger partial charge in [0.15, 0.2) is 6.04 Å². The minimum Gasteiger partial charge on any atom is -0.481 e. The van der Waals surface area contributed by atoms with Crippen LogP contribution in [0.5, 0.6) is 0 Å². The number of carboxylic acids is 2. The number of nitrogens with zero attached hydrogens (tertiary/aromatic N) is 1. The number of primary amides is 2. The van der Waals surface area contributed by atoms with Crippen molar-refractivity contribution in [2.75, 3.05) is 6.54 Å². The summed E-state index contributed by atoms with van der Waals surface area (Å²) in [6.07, 6.45) is -2.51. The first-order chi connectivity index (χ1) is 26.8. The molecule has 0 aliphatic carbocycles. The fourth-order valence-corrected chi connectivity index (χ4v) is 6.21. The molecule has 25 heteroatoms. The van der Waals surface area contributed by atoms with Gasteiger partial charge < -0.3 is 53.6 Å². The Kier molecular flexibility index (Phi) is 18.0. The molecule has 1 saturated heterocycles. The summed E-state index contributed by atoms with van der Waals surface area (Å²) in [6, 6.07) is -5.24. The average molecular weight is 851 g/mol. The van der Waals surface area contributed by atoms with Crippen molar-refractivity contribution in [2.24, 2.45) is 11.5 Å². The lowest BCUT2D eigenvalue weighted by atomic mass is 10.0. The second-order valence-electron chi connectivity index (χ2n) is 13.6. The van der Waals surface area contributed by atoms with E-state index in [1.165, 1.54) is 6.92 Å². The van der Waals surface area contributed by atoms with Crippen LogP contribution in [0.25, 0.3) is 0 Å². The smallest absolute Gasteiger partial charge is 0.481 e. The van der Waals surface area contributed by atoms with E-state index >= 15 is 0 Å². The number of carbonyl (C=O) groups excluding carboxylic acids is 7. The molecule has 0 radical (unpaired) electrons. The third-order valence-corrected chi connectivity index (χ3v) is 10.0. The summed E-state index contributed by atoms with van der Waals surface area (Å²) < 4.78 is 28.8. The number of halogens is 2. The lowest BCUT2D eigenvalue weighted by molar-refractivity contribution is -0.405. The van der Waals surface area contributed by atoms with Gasteiger partial charge >= 0.3 is 25.5 Å². The van der Waals surface area contributed by atoms with E-state index in [-0.39, 0.29) is 31.4 Å². The van der Waals surface area contributed by atoms with Crippen molar-refractivity contribution < 1.29 is 82.6 Å². The number of hydrogen-bond acceptors (Lipinski definition) is 12. The van der Waals surface area contributed by atoms with Crippen LogP contribution in [0.1, 0.15) is 69.4 Å². The zero-order chi connectivity index (χ0) is 44.1. The Morgan fingerprint density at radius 2 is 1.31 bits per heavy atom. The van der Waals surface area contributed by atoms with Gasteiger partial charge in [-0.3, -0.25) is 38.4 Å². The van der Waals surface area contributed by atoms with Crippen LogP contribution in [-0.4, -0.2) is 126 Å². The van der Waals surface area contributed by atoms with Crippen molar-refractivity contribution in [2.45, 2.75) is 107 Å². The van der Waals surface area contributed by atoms with Crippen LogP contribution in [0, 0.1) is 0 Å². The molecule has 1 fully saturated rings. The second kappa shape index (κ2) is 21.4. The number of quaternary nitrogens is 1. The summed E-state index contributed by atoms with van der Waals surface area (Å²) in [5.74, 6) is -9.23. The van der Waals surface area contributed by atoms with Gasteiger partial charge in [-0.25, -0.2) is 4.79 Å². The number of carboxylic acid groups (broad SMARTS) is 2. The van der Waals surface area contributed by atoms with Crippen LogP contribution in [0.4, 0.5) is 8.78 Å². The Morgan fingerprint density at radius 3 is 1.83 bits per heavy atom. The van der Waals surface area contributed by atoms with Gasteiger partial charge in [0.05, 0.1) is 12.0 Å². The number of amides is 7. The molecule has 0 bridgehead atoms. The number of hydrogen-bond donors (Lipinski definition) is 12.